The van der Waals surface area contributed by atoms with Gasteiger partial charge in [0.15, 0.2) is 11.6 Å². The molecule has 3 aromatic rings. The second kappa shape index (κ2) is 8.69. The summed E-state index contributed by atoms with van der Waals surface area (Å²) in [7, 11) is 0. The lowest BCUT2D eigenvalue weighted by Crippen LogP contribution is -2.37. The van der Waals surface area contributed by atoms with E-state index in [1.165, 1.54) is 35.5 Å². The number of amides is 1. The first-order chi connectivity index (χ1) is 14.2. The van der Waals surface area contributed by atoms with Crippen LogP contribution in [0.4, 0.5) is 4.39 Å². The SMILES string of the molecule is O=C(/C=C/c1ccc(Oc2cccnc2)c(F)c1)NC1CCc2ccccc2C1. The number of halogens is 1. The van der Waals surface area contributed by atoms with Gasteiger partial charge in [-0.15, -0.1) is 0 Å². The number of hydrogen-bond donors (Lipinski definition) is 1. The number of aromatic nitrogens is 1. The lowest BCUT2D eigenvalue weighted by atomic mass is 9.88. The Morgan fingerprint density at radius 3 is 2.79 bits per heavy atom. The van der Waals surface area contributed by atoms with Gasteiger partial charge < -0.3 is 10.1 Å². The summed E-state index contributed by atoms with van der Waals surface area (Å²) < 4.78 is 19.8. The van der Waals surface area contributed by atoms with Crippen LogP contribution < -0.4 is 10.1 Å². The fourth-order valence-electron chi connectivity index (χ4n) is 3.48. The van der Waals surface area contributed by atoms with E-state index >= 15 is 0 Å². The maximum atomic E-state index is 14.3. The van der Waals surface area contributed by atoms with Crippen LogP contribution in [0.2, 0.25) is 0 Å². The molecule has 1 unspecified atom stereocenters. The van der Waals surface area contributed by atoms with Gasteiger partial charge in [-0.3, -0.25) is 9.78 Å². The zero-order valence-electron chi connectivity index (χ0n) is 15.8. The van der Waals surface area contributed by atoms with E-state index in [1.54, 1.807) is 30.5 Å². The molecule has 0 radical (unpaired) electrons. The van der Waals surface area contributed by atoms with Crippen LogP contribution in [0.3, 0.4) is 0 Å². The predicted octanol–water partition coefficient (Wildman–Crippen LogP) is 4.70. The second-order valence-corrected chi connectivity index (χ2v) is 7.03. The van der Waals surface area contributed by atoms with Crippen molar-refractivity contribution in [2.45, 2.75) is 25.3 Å². The maximum absolute atomic E-state index is 14.3. The van der Waals surface area contributed by atoms with Crippen molar-refractivity contribution >= 4 is 12.0 Å². The number of ether oxygens (including phenoxy) is 1. The number of nitrogens with one attached hydrogen (secondary N) is 1. The highest BCUT2D eigenvalue weighted by molar-refractivity contribution is 5.92. The second-order valence-electron chi connectivity index (χ2n) is 7.03. The highest BCUT2D eigenvalue weighted by Crippen LogP contribution is 2.25. The van der Waals surface area contributed by atoms with Crippen LogP contribution in [0.15, 0.2) is 73.1 Å². The first kappa shape index (κ1) is 18.9. The largest absolute Gasteiger partial charge is 0.453 e. The van der Waals surface area contributed by atoms with Crippen molar-refractivity contribution in [1.29, 1.82) is 0 Å². The molecule has 4 nitrogen and oxygen atoms in total. The van der Waals surface area contributed by atoms with Gasteiger partial charge in [-0.25, -0.2) is 4.39 Å². The summed E-state index contributed by atoms with van der Waals surface area (Å²) in [5.41, 5.74) is 3.24. The third-order valence-corrected chi connectivity index (χ3v) is 4.94. The first-order valence-electron chi connectivity index (χ1n) is 9.60. The van der Waals surface area contributed by atoms with Gasteiger partial charge in [-0.1, -0.05) is 30.3 Å². The minimum Gasteiger partial charge on any atom is -0.453 e. The summed E-state index contributed by atoms with van der Waals surface area (Å²) in [4.78, 5) is 16.2. The molecule has 2 aromatic carbocycles. The third-order valence-electron chi connectivity index (χ3n) is 4.94. The summed E-state index contributed by atoms with van der Waals surface area (Å²) in [5.74, 6) is -0.102. The van der Waals surface area contributed by atoms with E-state index in [0.29, 0.717) is 11.3 Å². The number of pyridine rings is 1. The highest BCUT2D eigenvalue weighted by atomic mass is 19.1. The zero-order valence-corrected chi connectivity index (χ0v) is 15.8. The van der Waals surface area contributed by atoms with Gasteiger partial charge in [0.05, 0.1) is 6.20 Å². The van der Waals surface area contributed by atoms with Gasteiger partial charge in [-0.2, -0.15) is 0 Å². The van der Waals surface area contributed by atoms with Gasteiger partial charge in [0.25, 0.3) is 0 Å². The van der Waals surface area contributed by atoms with Crippen LogP contribution in [-0.2, 0) is 17.6 Å². The number of benzene rings is 2. The van der Waals surface area contributed by atoms with Crippen LogP contribution in [0, 0.1) is 5.82 Å². The monoisotopic (exact) mass is 388 g/mol. The Hall–Kier alpha value is -3.47. The predicted molar refractivity (Wildman–Crippen MR) is 110 cm³/mol. The fraction of sp³-hybridized carbons (Fsp3) is 0.167. The van der Waals surface area contributed by atoms with Crippen LogP contribution in [0.5, 0.6) is 11.5 Å². The molecule has 1 atom stereocenters. The Morgan fingerprint density at radius 1 is 1.14 bits per heavy atom. The number of hydrogen-bond acceptors (Lipinski definition) is 3. The lowest BCUT2D eigenvalue weighted by molar-refractivity contribution is -0.117. The summed E-state index contributed by atoms with van der Waals surface area (Å²) in [6, 6.07) is 16.5. The first-order valence-corrected chi connectivity index (χ1v) is 9.60. The Morgan fingerprint density at radius 2 is 2.00 bits per heavy atom. The molecule has 4 rings (SSSR count). The number of aryl methyl sites for hydroxylation is 1. The molecule has 29 heavy (non-hydrogen) atoms. The molecule has 0 fully saturated rings. The molecule has 1 heterocycles. The minimum atomic E-state index is -0.500. The van der Waals surface area contributed by atoms with E-state index in [2.05, 4.69) is 22.4 Å². The molecule has 0 saturated heterocycles. The van der Waals surface area contributed by atoms with Crippen molar-refractivity contribution in [3.63, 3.8) is 0 Å². The van der Waals surface area contributed by atoms with E-state index in [0.717, 1.165) is 19.3 Å². The van der Waals surface area contributed by atoms with Gasteiger partial charge >= 0.3 is 0 Å². The molecule has 0 saturated carbocycles. The smallest absolute Gasteiger partial charge is 0.244 e. The quantitative estimate of drug-likeness (QED) is 0.645. The van der Waals surface area contributed by atoms with E-state index in [9.17, 15) is 9.18 Å². The van der Waals surface area contributed by atoms with Gasteiger partial charge in [0.1, 0.15) is 5.75 Å². The summed E-state index contributed by atoms with van der Waals surface area (Å²) in [6.45, 7) is 0. The molecule has 1 aromatic heterocycles. The van der Waals surface area contributed by atoms with Crippen molar-refractivity contribution in [2.24, 2.45) is 0 Å². The average molecular weight is 388 g/mol. The van der Waals surface area contributed by atoms with E-state index < -0.39 is 5.82 Å². The molecular weight excluding hydrogens is 367 g/mol. The Balaban J connectivity index is 1.35. The average Bonchev–Trinajstić information content (AvgIpc) is 2.75. The molecule has 5 heteroatoms. The molecule has 0 aliphatic heterocycles. The summed E-state index contributed by atoms with van der Waals surface area (Å²) in [5, 5.41) is 3.04. The highest BCUT2D eigenvalue weighted by Gasteiger charge is 2.18. The molecular formula is C24H21FN2O2. The van der Waals surface area contributed by atoms with E-state index in [1.807, 2.05) is 12.1 Å². The minimum absolute atomic E-state index is 0.112. The van der Waals surface area contributed by atoms with Crippen molar-refractivity contribution in [3.05, 3.63) is 95.6 Å². The summed E-state index contributed by atoms with van der Waals surface area (Å²) >= 11 is 0. The van der Waals surface area contributed by atoms with Crippen molar-refractivity contribution in [3.8, 4) is 11.5 Å². The molecule has 146 valence electrons. The van der Waals surface area contributed by atoms with Crippen LogP contribution in [0.1, 0.15) is 23.1 Å². The number of rotatable bonds is 5. The number of fused-ring (bicyclic) bond motifs is 1. The van der Waals surface area contributed by atoms with Crippen LogP contribution in [-0.4, -0.2) is 16.9 Å². The topological polar surface area (TPSA) is 51.2 Å². The zero-order chi connectivity index (χ0) is 20.1. The third kappa shape index (κ3) is 4.88. The van der Waals surface area contributed by atoms with Gasteiger partial charge in [0.2, 0.25) is 5.91 Å². The van der Waals surface area contributed by atoms with Crippen LogP contribution >= 0.6 is 0 Å². The normalized spacial score (nSPS) is 15.7. The summed E-state index contributed by atoms with van der Waals surface area (Å²) in [6.07, 6.45) is 8.90. The number of carbonyl (C=O) groups is 1. The standard InChI is InChI=1S/C24H21FN2O2/c25-22-14-17(7-11-23(22)29-21-6-3-13-26-16-21)8-12-24(28)27-20-10-9-18-4-1-2-5-19(18)15-20/h1-8,11-14,16,20H,9-10,15H2,(H,27,28)/b12-8+. The lowest BCUT2D eigenvalue weighted by Gasteiger charge is -2.24. The number of nitrogens with zero attached hydrogens (tertiary/aromatic N) is 1. The van der Waals surface area contributed by atoms with E-state index in [4.69, 9.17) is 4.74 Å². The fourth-order valence-corrected chi connectivity index (χ4v) is 3.48. The molecule has 1 aliphatic carbocycles. The Kier molecular flexibility index (Phi) is 5.66. The maximum Gasteiger partial charge on any atom is 0.244 e. The van der Waals surface area contributed by atoms with E-state index in [-0.39, 0.29) is 17.7 Å². The molecule has 1 amide bonds. The molecule has 1 aliphatic rings. The van der Waals surface area contributed by atoms with Crippen molar-refractivity contribution in [2.75, 3.05) is 0 Å². The van der Waals surface area contributed by atoms with Crippen molar-refractivity contribution < 1.29 is 13.9 Å². The Bertz CT molecular complexity index is 1030. The van der Waals surface area contributed by atoms with Gasteiger partial charge in [0, 0.05) is 18.3 Å². The van der Waals surface area contributed by atoms with Crippen LogP contribution in [0.25, 0.3) is 6.08 Å². The van der Waals surface area contributed by atoms with Gasteiger partial charge in [-0.05, 0) is 66.3 Å². The number of carbonyl (C=O) groups excluding carboxylic acids is 1. The molecule has 0 bridgehead atoms. The van der Waals surface area contributed by atoms with Crippen molar-refractivity contribution in [1.82, 2.24) is 10.3 Å². The Labute approximate surface area is 169 Å². The molecule has 0 spiro atoms. The molecule has 1 N–H and O–H groups in total.